The van der Waals surface area contributed by atoms with Crippen molar-refractivity contribution in [3.05, 3.63) is 117 Å². The predicted molar refractivity (Wildman–Crippen MR) is 172 cm³/mol. The van der Waals surface area contributed by atoms with E-state index in [1.165, 1.54) is 36.0 Å². The first kappa shape index (κ1) is 33.4. The van der Waals surface area contributed by atoms with Crippen LogP contribution in [0.5, 0.6) is 0 Å². The van der Waals surface area contributed by atoms with Gasteiger partial charge in [-0.3, -0.25) is 9.59 Å². The van der Waals surface area contributed by atoms with Crippen LogP contribution in [-0.4, -0.2) is 59.5 Å². The van der Waals surface area contributed by atoms with E-state index in [0.29, 0.717) is 54.4 Å². The maximum atomic E-state index is 14.2. The van der Waals surface area contributed by atoms with Crippen LogP contribution in [0.3, 0.4) is 0 Å². The van der Waals surface area contributed by atoms with Crippen LogP contribution in [0.15, 0.2) is 82.7 Å². The lowest BCUT2D eigenvalue weighted by atomic mass is 9.99. The van der Waals surface area contributed by atoms with Gasteiger partial charge in [0.1, 0.15) is 11.9 Å². The van der Waals surface area contributed by atoms with Crippen molar-refractivity contribution in [2.45, 2.75) is 48.8 Å². The van der Waals surface area contributed by atoms with Crippen molar-refractivity contribution >= 4 is 17.7 Å². The molecule has 0 fully saturated rings. The van der Waals surface area contributed by atoms with E-state index in [2.05, 4.69) is 4.98 Å². The molecule has 3 aromatic carbocycles. The van der Waals surface area contributed by atoms with Crippen LogP contribution in [0.25, 0.3) is 11.1 Å². The third-order valence-corrected chi connectivity index (χ3v) is 9.23. The van der Waals surface area contributed by atoms with Crippen LogP contribution in [0.1, 0.15) is 40.4 Å². The monoisotopic (exact) mass is 652 g/mol. The molecule has 11 heteroatoms. The van der Waals surface area contributed by atoms with Gasteiger partial charge in [0.25, 0.3) is 5.56 Å². The van der Waals surface area contributed by atoms with Crippen molar-refractivity contribution in [2.24, 2.45) is 0 Å². The first-order valence-corrected chi connectivity index (χ1v) is 16.1. The van der Waals surface area contributed by atoms with E-state index in [-0.39, 0.29) is 17.3 Å². The molecule has 1 unspecified atom stereocenters. The SMILES string of the molecule is CN(C)CCN(C)C(=O)C(Cc1ccc(-c2ccc(C(F)(F)F)cc2)cc1)n1c(SCc2ccc(F)cc2)nc(=O)c2c1CCC2. The maximum absolute atomic E-state index is 14.2. The first-order valence-electron chi connectivity index (χ1n) is 15.1. The molecule has 1 aromatic heterocycles. The number of thioether (sulfide) groups is 1. The fraction of sp³-hybridized carbons (Fsp3) is 0.343. The Morgan fingerprint density at radius 1 is 0.891 bits per heavy atom. The molecule has 5 rings (SSSR count). The molecule has 0 spiro atoms. The van der Waals surface area contributed by atoms with Crippen LogP contribution in [0.2, 0.25) is 0 Å². The van der Waals surface area contributed by atoms with Gasteiger partial charge in [0.05, 0.1) is 5.56 Å². The summed E-state index contributed by atoms with van der Waals surface area (Å²) in [6.07, 6.45) is -2.05. The number of carbonyl (C=O) groups is 1. The van der Waals surface area contributed by atoms with Crippen molar-refractivity contribution in [1.82, 2.24) is 19.4 Å². The van der Waals surface area contributed by atoms with Crippen molar-refractivity contribution < 1.29 is 22.4 Å². The van der Waals surface area contributed by atoms with Crippen molar-refractivity contribution in [3.8, 4) is 11.1 Å². The minimum atomic E-state index is -4.41. The summed E-state index contributed by atoms with van der Waals surface area (Å²) in [4.78, 5) is 35.5. The third-order valence-electron chi connectivity index (χ3n) is 8.21. The van der Waals surface area contributed by atoms with Crippen molar-refractivity contribution in [2.75, 3.05) is 34.2 Å². The lowest BCUT2D eigenvalue weighted by Crippen LogP contribution is -2.40. The summed E-state index contributed by atoms with van der Waals surface area (Å²) in [5.74, 6) is -0.0148. The number of alkyl halides is 3. The minimum Gasteiger partial charge on any atom is -0.343 e. The van der Waals surface area contributed by atoms with Gasteiger partial charge in [0.2, 0.25) is 5.91 Å². The maximum Gasteiger partial charge on any atom is 0.416 e. The van der Waals surface area contributed by atoms with E-state index in [4.69, 9.17) is 0 Å². The summed E-state index contributed by atoms with van der Waals surface area (Å²) in [5, 5.41) is 0.440. The molecule has 0 N–H and O–H groups in total. The highest BCUT2D eigenvalue weighted by molar-refractivity contribution is 7.98. The van der Waals surface area contributed by atoms with Gasteiger partial charge in [-0.2, -0.15) is 18.2 Å². The number of aromatic nitrogens is 2. The van der Waals surface area contributed by atoms with Gasteiger partial charge in [-0.15, -0.1) is 0 Å². The highest BCUT2D eigenvalue weighted by atomic mass is 32.2. The Bertz CT molecular complexity index is 1720. The number of fused-ring (bicyclic) bond motifs is 1. The second kappa shape index (κ2) is 14.2. The van der Waals surface area contributed by atoms with Crippen molar-refractivity contribution in [3.63, 3.8) is 0 Å². The second-order valence-corrected chi connectivity index (χ2v) is 12.8. The molecular weight excluding hydrogens is 616 g/mol. The van der Waals surface area contributed by atoms with Gasteiger partial charge in [0.15, 0.2) is 5.16 Å². The summed E-state index contributed by atoms with van der Waals surface area (Å²) in [7, 11) is 5.65. The third kappa shape index (κ3) is 7.87. The number of halogens is 4. The summed E-state index contributed by atoms with van der Waals surface area (Å²) in [5.41, 5.74) is 3.59. The lowest BCUT2D eigenvalue weighted by molar-refractivity contribution is -0.137. The number of hydrogen-bond acceptors (Lipinski definition) is 5. The molecule has 0 bridgehead atoms. The van der Waals surface area contributed by atoms with E-state index >= 15 is 0 Å². The Kier molecular flexibility index (Phi) is 10.3. The zero-order valence-electron chi connectivity index (χ0n) is 26.0. The average molecular weight is 653 g/mol. The number of rotatable bonds is 11. The van der Waals surface area contributed by atoms with E-state index < -0.39 is 17.8 Å². The summed E-state index contributed by atoms with van der Waals surface area (Å²) >= 11 is 1.35. The number of nitrogens with zero attached hydrogens (tertiary/aromatic N) is 4. The Morgan fingerprint density at radius 3 is 2.11 bits per heavy atom. The molecule has 46 heavy (non-hydrogen) atoms. The fourth-order valence-corrected chi connectivity index (χ4v) is 6.62. The molecule has 4 aromatic rings. The van der Waals surface area contributed by atoms with Crippen LogP contribution >= 0.6 is 11.8 Å². The standard InChI is InChI=1S/C35H36F4N4O2S/c1-41(2)19-20-42(3)33(45)31(21-23-7-11-25(12-8-23)26-13-15-27(16-14-26)35(37,38)39)43-30-6-4-5-29(30)32(44)40-34(43)46-22-24-9-17-28(36)18-10-24/h7-18,31H,4-6,19-22H2,1-3H3. The van der Waals surface area contributed by atoms with E-state index in [1.54, 1.807) is 24.1 Å². The molecule has 1 aliphatic rings. The van der Waals surface area contributed by atoms with Gasteiger partial charge in [-0.05, 0) is 79.9 Å². The Labute approximate surface area is 270 Å². The molecule has 0 saturated heterocycles. The number of benzene rings is 3. The number of carbonyl (C=O) groups excluding carboxylic acids is 1. The van der Waals surface area contributed by atoms with Crippen LogP contribution in [0.4, 0.5) is 17.6 Å². The highest BCUT2D eigenvalue weighted by Crippen LogP contribution is 2.33. The smallest absolute Gasteiger partial charge is 0.343 e. The van der Waals surface area contributed by atoms with Gasteiger partial charge in [0, 0.05) is 43.6 Å². The largest absolute Gasteiger partial charge is 0.416 e. The number of likely N-dealkylation sites (N-methyl/N-ethyl adjacent to an activating group) is 2. The second-order valence-electron chi connectivity index (χ2n) is 11.8. The molecule has 6 nitrogen and oxygen atoms in total. The summed E-state index contributed by atoms with van der Waals surface area (Å²) in [6.45, 7) is 1.17. The predicted octanol–water partition coefficient (Wildman–Crippen LogP) is 6.65. The van der Waals surface area contributed by atoms with Gasteiger partial charge in [-0.25, -0.2) is 4.39 Å². The van der Waals surface area contributed by atoms with E-state index in [1.807, 2.05) is 47.8 Å². The van der Waals surface area contributed by atoms with Gasteiger partial charge < -0.3 is 14.4 Å². The zero-order valence-corrected chi connectivity index (χ0v) is 26.8. The molecular formula is C35H36F4N4O2S. The summed E-state index contributed by atoms with van der Waals surface area (Å²) in [6, 6.07) is 17.9. The quantitative estimate of drug-likeness (QED) is 0.103. The van der Waals surface area contributed by atoms with Crippen molar-refractivity contribution in [1.29, 1.82) is 0 Å². The van der Waals surface area contributed by atoms with Gasteiger partial charge >= 0.3 is 6.18 Å². The average Bonchev–Trinajstić information content (AvgIpc) is 3.53. The minimum absolute atomic E-state index is 0.114. The number of hydrogen-bond donors (Lipinski definition) is 0. The molecule has 1 amide bonds. The normalized spacial score (nSPS) is 13.6. The number of amides is 1. The Hall–Kier alpha value is -3.96. The molecule has 0 aliphatic heterocycles. The van der Waals surface area contributed by atoms with E-state index in [0.717, 1.165) is 40.9 Å². The van der Waals surface area contributed by atoms with E-state index in [9.17, 15) is 27.2 Å². The van der Waals surface area contributed by atoms with Crippen LogP contribution in [0, 0.1) is 5.82 Å². The Balaban J connectivity index is 1.50. The topological polar surface area (TPSA) is 58.4 Å². The van der Waals surface area contributed by atoms with Gasteiger partial charge in [-0.1, -0.05) is 60.3 Å². The molecule has 0 saturated carbocycles. The molecule has 1 aliphatic carbocycles. The fourth-order valence-electron chi connectivity index (χ4n) is 5.61. The molecule has 1 heterocycles. The molecule has 0 radical (unpaired) electrons. The highest BCUT2D eigenvalue weighted by Gasteiger charge is 2.32. The lowest BCUT2D eigenvalue weighted by Gasteiger charge is -2.30. The van der Waals surface area contributed by atoms with Crippen LogP contribution < -0.4 is 5.56 Å². The molecule has 1 atom stereocenters. The molecule has 242 valence electrons. The zero-order chi connectivity index (χ0) is 33.0. The van der Waals surface area contributed by atoms with Crippen LogP contribution in [-0.2, 0) is 36.0 Å². The Morgan fingerprint density at radius 2 is 1.50 bits per heavy atom. The first-order chi connectivity index (χ1) is 21.9. The summed E-state index contributed by atoms with van der Waals surface area (Å²) < 4.78 is 54.6.